The Bertz CT molecular complexity index is 730. The zero-order valence-corrected chi connectivity index (χ0v) is 20.6. The maximum absolute atomic E-state index is 14.3. The molecular formula is C26H39F5O3. The van der Waals surface area contributed by atoms with Crippen molar-refractivity contribution in [3.8, 4) is 0 Å². The Labute approximate surface area is 200 Å². The molecule has 1 aliphatic rings. The van der Waals surface area contributed by atoms with Crippen LogP contribution in [0.3, 0.4) is 0 Å². The molecule has 2 rings (SSSR count). The first-order valence-corrected chi connectivity index (χ1v) is 12.7. The summed E-state index contributed by atoms with van der Waals surface area (Å²) in [5, 5.41) is 11.2. The Morgan fingerprint density at radius 2 is 1.21 bits per heavy atom. The second-order valence-electron chi connectivity index (χ2n) is 9.25. The van der Waals surface area contributed by atoms with Crippen LogP contribution in [0, 0.1) is 40.9 Å². The maximum Gasteiger partial charge on any atom is 0.283 e. The summed E-state index contributed by atoms with van der Waals surface area (Å²) in [7, 11) is 0. The van der Waals surface area contributed by atoms with E-state index in [4.69, 9.17) is 9.47 Å². The van der Waals surface area contributed by atoms with Crippen molar-refractivity contribution in [3.63, 3.8) is 0 Å². The molecule has 0 heterocycles. The molecule has 1 N–H and O–H groups in total. The molecule has 1 saturated carbocycles. The largest absolute Gasteiger partial charge is 0.343 e. The molecule has 1 aliphatic carbocycles. The van der Waals surface area contributed by atoms with Gasteiger partial charge in [-0.25, -0.2) is 22.0 Å². The highest BCUT2D eigenvalue weighted by Crippen LogP contribution is 2.45. The van der Waals surface area contributed by atoms with Gasteiger partial charge in [-0.2, -0.15) is 0 Å². The Kier molecular flexibility index (Phi) is 11.7. The zero-order chi connectivity index (χ0) is 25.3. The smallest absolute Gasteiger partial charge is 0.283 e. The molecule has 1 unspecified atom stereocenters. The summed E-state index contributed by atoms with van der Waals surface area (Å²) in [6.45, 7) is 6.20. The van der Waals surface area contributed by atoms with Crippen molar-refractivity contribution in [3.05, 3.63) is 34.6 Å². The van der Waals surface area contributed by atoms with Gasteiger partial charge >= 0.3 is 0 Å². The number of unbranched alkanes of at least 4 members (excludes halogenated alkanes) is 5. The lowest BCUT2D eigenvalue weighted by atomic mass is 9.71. The fourth-order valence-electron chi connectivity index (χ4n) is 5.32. The number of ether oxygens (including phenoxy) is 2. The van der Waals surface area contributed by atoms with Crippen LogP contribution in [-0.4, -0.2) is 24.3 Å². The lowest BCUT2D eigenvalue weighted by molar-refractivity contribution is -0.392. The van der Waals surface area contributed by atoms with E-state index in [0.29, 0.717) is 19.3 Å². The van der Waals surface area contributed by atoms with E-state index in [2.05, 4.69) is 6.92 Å². The predicted molar refractivity (Wildman–Crippen MR) is 121 cm³/mol. The minimum Gasteiger partial charge on any atom is -0.343 e. The van der Waals surface area contributed by atoms with E-state index in [1.165, 1.54) is 6.42 Å². The molecule has 34 heavy (non-hydrogen) atoms. The first-order chi connectivity index (χ1) is 16.2. The van der Waals surface area contributed by atoms with Crippen LogP contribution in [0.1, 0.15) is 103 Å². The molecule has 1 aromatic rings. The van der Waals surface area contributed by atoms with Crippen LogP contribution in [0.2, 0.25) is 0 Å². The number of rotatable bonds is 14. The van der Waals surface area contributed by atoms with E-state index in [9.17, 15) is 27.1 Å². The Morgan fingerprint density at radius 1 is 0.735 bits per heavy atom. The van der Waals surface area contributed by atoms with E-state index in [0.717, 1.165) is 32.1 Å². The van der Waals surface area contributed by atoms with Crippen molar-refractivity contribution in [1.82, 2.24) is 0 Å². The molecule has 0 aromatic heterocycles. The highest BCUT2D eigenvalue weighted by molar-refractivity contribution is 5.28. The van der Waals surface area contributed by atoms with Gasteiger partial charge in [0.2, 0.25) is 5.82 Å². The van der Waals surface area contributed by atoms with E-state index in [1.807, 2.05) is 0 Å². The second-order valence-corrected chi connectivity index (χ2v) is 9.25. The van der Waals surface area contributed by atoms with Crippen molar-refractivity contribution >= 4 is 0 Å². The quantitative estimate of drug-likeness (QED) is 0.0945. The number of aliphatic hydroxyl groups is 1. The van der Waals surface area contributed by atoms with Gasteiger partial charge in [-0.05, 0) is 57.8 Å². The minimum absolute atomic E-state index is 0.0590. The van der Waals surface area contributed by atoms with Gasteiger partial charge in [-0.1, -0.05) is 45.4 Å². The third kappa shape index (κ3) is 6.91. The number of hydrogen-bond acceptors (Lipinski definition) is 3. The fraction of sp³-hybridized carbons (Fsp3) is 0.769. The third-order valence-electron chi connectivity index (χ3n) is 7.03. The molecule has 0 amide bonds. The van der Waals surface area contributed by atoms with E-state index in [1.54, 1.807) is 13.8 Å². The van der Waals surface area contributed by atoms with Crippen molar-refractivity contribution in [2.45, 2.75) is 103 Å². The standard InChI is InChI=1S/C26H39F5O3/c1-4-7-8-9-10-11-12-19(26(32,33-5-2)34-6-3)17-13-15-18(16-14-17)20-21(27)23(29)25(31)24(30)22(20)28/h17-19,32H,4-16H2,1-3H3. The van der Waals surface area contributed by atoms with Crippen LogP contribution in [0.15, 0.2) is 0 Å². The van der Waals surface area contributed by atoms with Gasteiger partial charge in [0, 0.05) is 24.7 Å². The SMILES string of the molecule is CCCCCCCCC(C1CCC(c2c(F)c(F)c(F)c(F)c2F)CC1)C(O)(OCC)OCC. The van der Waals surface area contributed by atoms with Gasteiger partial charge < -0.3 is 14.6 Å². The van der Waals surface area contributed by atoms with Gasteiger partial charge in [0.1, 0.15) is 0 Å². The molecule has 196 valence electrons. The second kappa shape index (κ2) is 13.7. The van der Waals surface area contributed by atoms with E-state index >= 15 is 0 Å². The van der Waals surface area contributed by atoms with Gasteiger partial charge in [0.25, 0.3) is 5.97 Å². The normalized spacial score (nSPS) is 20.0. The van der Waals surface area contributed by atoms with E-state index < -0.39 is 46.5 Å². The average molecular weight is 495 g/mol. The molecule has 0 aliphatic heterocycles. The fourth-order valence-corrected chi connectivity index (χ4v) is 5.32. The number of benzene rings is 1. The maximum atomic E-state index is 14.3. The Balaban J connectivity index is 2.15. The summed E-state index contributed by atoms with van der Waals surface area (Å²) in [6.07, 6.45) is 8.62. The topological polar surface area (TPSA) is 38.7 Å². The summed E-state index contributed by atoms with van der Waals surface area (Å²) in [5.41, 5.74) is -0.729. The Morgan fingerprint density at radius 3 is 1.71 bits per heavy atom. The summed E-state index contributed by atoms with van der Waals surface area (Å²) in [5.74, 6) is -12.4. The van der Waals surface area contributed by atoms with Crippen molar-refractivity contribution in [2.24, 2.45) is 11.8 Å². The molecule has 1 aromatic carbocycles. The molecule has 3 nitrogen and oxygen atoms in total. The summed E-state index contributed by atoms with van der Waals surface area (Å²) in [6, 6.07) is 0. The predicted octanol–water partition coefficient (Wildman–Crippen LogP) is 7.74. The van der Waals surface area contributed by atoms with Crippen LogP contribution in [0.5, 0.6) is 0 Å². The van der Waals surface area contributed by atoms with Crippen molar-refractivity contribution in [2.75, 3.05) is 13.2 Å². The molecular weight excluding hydrogens is 455 g/mol. The van der Waals surface area contributed by atoms with Crippen LogP contribution in [0.4, 0.5) is 22.0 Å². The van der Waals surface area contributed by atoms with Crippen LogP contribution in [0.25, 0.3) is 0 Å². The van der Waals surface area contributed by atoms with Crippen molar-refractivity contribution < 1.29 is 36.5 Å². The van der Waals surface area contributed by atoms with Gasteiger partial charge in [0.15, 0.2) is 23.3 Å². The summed E-state index contributed by atoms with van der Waals surface area (Å²) >= 11 is 0. The van der Waals surface area contributed by atoms with Crippen LogP contribution >= 0.6 is 0 Å². The third-order valence-corrected chi connectivity index (χ3v) is 7.03. The zero-order valence-electron chi connectivity index (χ0n) is 20.6. The monoisotopic (exact) mass is 494 g/mol. The summed E-state index contributed by atoms with van der Waals surface area (Å²) in [4.78, 5) is 0. The van der Waals surface area contributed by atoms with E-state index in [-0.39, 0.29) is 37.9 Å². The Hall–Kier alpha value is -1.25. The highest BCUT2D eigenvalue weighted by Gasteiger charge is 2.45. The highest BCUT2D eigenvalue weighted by atomic mass is 19.2. The molecule has 0 bridgehead atoms. The molecule has 0 saturated heterocycles. The number of hydrogen-bond donors (Lipinski definition) is 1. The molecule has 1 fully saturated rings. The molecule has 1 atom stereocenters. The lowest BCUT2D eigenvalue weighted by Gasteiger charge is -2.42. The van der Waals surface area contributed by atoms with Crippen LogP contribution < -0.4 is 0 Å². The van der Waals surface area contributed by atoms with Crippen LogP contribution in [-0.2, 0) is 9.47 Å². The van der Waals surface area contributed by atoms with Gasteiger partial charge in [-0.15, -0.1) is 0 Å². The first kappa shape index (κ1) is 29.0. The van der Waals surface area contributed by atoms with Gasteiger partial charge in [0.05, 0.1) is 0 Å². The lowest BCUT2D eigenvalue weighted by Crippen LogP contribution is -2.47. The first-order valence-electron chi connectivity index (χ1n) is 12.7. The summed E-state index contributed by atoms with van der Waals surface area (Å²) < 4.78 is 80.8. The molecule has 0 spiro atoms. The average Bonchev–Trinajstić information content (AvgIpc) is 2.82. The minimum atomic E-state index is -2.13. The van der Waals surface area contributed by atoms with Crippen molar-refractivity contribution in [1.29, 1.82) is 0 Å². The molecule has 8 heteroatoms. The van der Waals surface area contributed by atoms with Gasteiger partial charge in [-0.3, -0.25) is 0 Å². The number of halogens is 5. The molecule has 0 radical (unpaired) electrons.